The van der Waals surface area contributed by atoms with E-state index < -0.39 is 0 Å². The predicted octanol–water partition coefficient (Wildman–Crippen LogP) is 3.56. The summed E-state index contributed by atoms with van der Waals surface area (Å²) in [6, 6.07) is 13.1. The first-order chi connectivity index (χ1) is 13.1. The predicted molar refractivity (Wildman–Crippen MR) is 105 cm³/mol. The lowest BCUT2D eigenvalue weighted by Gasteiger charge is -2.14. The molecule has 2 N–H and O–H groups in total. The number of rotatable bonds is 8. The lowest BCUT2D eigenvalue weighted by atomic mass is 10.1. The normalized spacial score (nSPS) is 11.8. The molecule has 0 radical (unpaired) electrons. The lowest BCUT2D eigenvalue weighted by Crippen LogP contribution is -2.31. The quantitative estimate of drug-likeness (QED) is 0.599. The Balaban J connectivity index is 1.59. The molecule has 0 spiro atoms. The standard InChI is InChI=1S/C21H23N3O3/c1-4-7-15-10-11-18(19(12-15)26-3)27-13-20(25)22-14(2)21-23-16-8-5-6-9-17(16)24-21/h4-6,8-12,14H,1,7,13H2,2-3H3,(H,22,25)(H,23,24)/t14-/m0/s1. The van der Waals surface area contributed by atoms with E-state index in [0.29, 0.717) is 17.3 Å². The second-order valence-electron chi connectivity index (χ2n) is 6.20. The van der Waals surface area contributed by atoms with Gasteiger partial charge in [-0.15, -0.1) is 6.58 Å². The van der Waals surface area contributed by atoms with Gasteiger partial charge in [0.15, 0.2) is 18.1 Å². The number of para-hydroxylation sites is 2. The average Bonchev–Trinajstić information content (AvgIpc) is 3.11. The molecule has 0 fully saturated rings. The first-order valence-corrected chi connectivity index (χ1v) is 8.75. The Labute approximate surface area is 158 Å². The van der Waals surface area contributed by atoms with Crippen molar-refractivity contribution in [1.29, 1.82) is 0 Å². The van der Waals surface area contributed by atoms with Gasteiger partial charge < -0.3 is 19.8 Å². The van der Waals surface area contributed by atoms with Crippen LogP contribution in [0.1, 0.15) is 24.4 Å². The Bertz CT molecular complexity index is 916. The van der Waals surface area contributed by atoms with E-state index in [1.54, 1.807) is 13.2 Å². The van der Waals surface area contributed by atoms with Crippen LogP contribution in [0, 0.1) is 0 Å². The summed E-state index contributed by atoms with van der Waals surface area (Å²) in [5.74, 6) is 1.58. The fourth-order valence-electron chi connectivity index (χ4n) is 2.80. The molecule has 3 aromatic rings. The third-order valence-electron chi connectivity index (χ3n) is 4.16. The van der Waals surface area contributed by atoms with Crippen molar-refractivity contribution in [1.82, 2.24) is 15.3 Å². The number of hydrogen-bond donors (Lipinski definition) is 2. The minimum Gasteiger partial charge on any atom is -0.493 e. The largest absolute Gasteiger partial charge is 0.493 e. The van der Waals surface area contributed by atoms with E-state index >= 15 is 0 Å². The van der Waals surface area contributed by atoms with E-state index in [1.807, 2.05) is 49.4 Å². The number of aromatic nitrogens is 2. The molecular weight excluding hydrogens is 342 g/mol. The van der Waals surface area contributed by atoms with Gasteiger partial charge in [0.05, 0.1) is 24.2 Å². The van der Waals surface area contributed by atoms with Gasteiger partial charge in [0.1, 0.15) is 5.82 Å². The smallest absolute Gasteiger partial charge is 0.258 e. The highest BCUT2D eigenvalue weighted by Crippen LogP contribution is 2.28. The maximum Gasteiger partial charge on any atom is 0.258 e. The lowest BCUT2D eigenvalue weighted by molar-refractivity contribution is -0.123. The van der Waals surface area contributed by atoms with E-state index in [9.17, 15) is 4.79 Å². The Morgan fingerprint density at radius 3 is 2.85 bits per heavy atom. The van der Waals surface area contributed by atoms with Gasteiger partial charge in [-0.2, -0.15) is 0 Å². The van der Waals surface area contributed by atoms with Crippen molar-refractivity contribution in [3.8, 4) is 11.5 Å². The van der Waals surface area contributed by atoms with Crippen molar-refractivity contribution in [2.75, 3.05) is 13.7 Å². The van der Waals surface area contributed by atoms with Crippen LogP contribution in [-0.4, -0.2) is 29.6 Å². The molecule has 6 nitrogen and oxygen atoms in total. The third-order valence-corrected chi connectivity index (χ3v) is 4.16. The number of hydrogen-bond acceptors (Lipinski definition) is 4. The molecule has 0 aliphatic carbocycles. The van der Waals surface area contributed by atoms with Gasteiger partial charge in [0.2, 0.25) is 0 Å². The minimum atomic E-state index is -0.259. The molecule has 1 heterocycles. The molecule has 2 aromatic carbocycles. The second kappa shape index (κ2) is 8.40. The van der Waals surface area contributed by atoms with Crippen molar-refractivity contribution >= 4 is 16.9 Å². The third kappa shape index (κ3) is 4.47. The zero-order valence-electron chi connectivity index (χ0n) is 15.5. The topological polar surface area (TPSA) is 76.2 Å². The van der Waals surface area contributed by atoms with E-state index in [2.05, 4.69) is 21.9 Å². The monoisotopic (exact) mass is 365 g/mol. The molecule has 0 saturated heterocycles. The van der Waals surface area contributed by atoms with Gasteiger partial charge in [-0.3, -0.25) is 4.79 Å². The number of amides is 1. The molecule has 0 unspecified atom stereocenters. The van der Waals surface area contributed by atoms with Gasteiger partial charge in [0, 0.05) is 0 Å². The summed E-state index contributed by atoms with van der Waals surface area (Å²) < 4.78 is 11.0. The van der Waals surface area contributed by atoms with Crippen molar-refractivity contribution in [2.45, 2.75) is 19.4 Å². The molecule has 27 heavy (non-hydrogen) atoms. The van der Waals surface area contributed by atoms with Crippen LogP contribution in [0.3, 0.4) is 0 Å². The molecule has 1 amide bonds. The molecule has 1 atom stereocenters. The number of carbonyl (C=O) groups excluding carboxylic acids is 1. The highest BCUT2D eigenvalue weighted by molar-refractivity contribution is 5.78. The first-order valence-electron chi connectivity index (χ1n) is 8.75. The highest BCUT2D eigenvalue weighted by atomic mass is 16.5. The van der Waals surface area contributed by atoms with Crippen molar-refractivity contribution in [3.63, 3.8) is 0 Å². The van der Waals surface area contributed by atoms with E-state index in [4.69, 9.17) is 9.47 Å². The zero-order chi connectivity index (χ0) is 19.2. The summed E-state index contributed by atoms with van der Waals surface area (Å²) in [5.41, 5.74) is 2.88. The van der Waals surface area contributed by atoms with Gasteiger partial charge in [-0.1, -0.05) is 24.3 Å². The Morgan fingerprint density at radius 2 is 2.11 bits per heavy atom. The van der Waals surface area contributed by atoms with Gasteiger partial charge in [0.25, 0.3) is 5.91 Å². The molecular formula is C21H23N3O3. The van der Waals surface area contributed by atoms with Gasteiger partial charge in [-0.05, 0) is 43.2 Å². The van der Waals surface area contributed by atoms with Crippen LogP contribution in [0.15, 0.2) is 55.1 Å². The van der Waals surface area contributed by atoms with Crippen LogP contribution in [-0.2, 0) is 11.2 Å². The fraction of sp³-hybridized carbons (Fsp3) is 0.238. The molecule has 6 heteroatoms. The summed E-state index contributed by atoms with van der Waals surface area (Å²) in [6.07, 6.45) is 2.56. The van der Waals surface area contributed by atoms with Crippen LogP contribution >= 0.6 is 0 Å². The number of methoxy groups -OCH3 is 1. The van der Waals surface area contributed by atoms with Crippen LogP contribution in [0.2, 0.25) is 0 Å². The van der Waals surface area contributed by atoms with Crippen LogP contribution < -0.4 is 14.8 Å². The number of nitrogens with one attached hydrogen (secondary N) is 2. The second-order valence-corrected chi connectivity index (χ2v) is 6.20. The molecule has 140 valence electrons. The molecule has 0 saturated carbocycles. The number of fused-ring (bicyclic) bond motifs is 1. The van der Waals surface area contributed by atoms with E-state index in [1.165, 1.54) is 0 Å². The molecule has 1 aromatic heterocycles. The number of ether oxygens (including phenoxy) is 2. The first kappa shape index (κ1) is 18.5. The van der Waals surface area contributed by atoms with Crippen LogP contribution in [0.4, 0.5) is 0 Å². The van der Waals surface area contributed by atoms with Crippen molar-refractivity contribution in [3.05, 3.63) is 66.5 Å². The number of aromatic amines is 1. The fourth-order valence-corrected chi connectivity index (χ4v) is 2.80. The number of imidazole rings is 1. The highest BCUT2D eigenvalue weighted by Gasteiger charge is 2.15. The molecule has 0 aliphatic heterocycles. The van der Waals surface area contributed by atoms with E-state index in [0.717, 1.165) is 23.0 Å². The maximum absolute atomic E-state index is 12.3. The Morgan fingerprint density at radius 1 is 1.30 bits per heavy atom. The summed E-state index contributed by atoms with van der Waals surface area (Å²) in [6.45, 7) is 5.49. The number of H-pyrrole nitrogens is 1. The van der Waals surface area contributed by atoms with E-state index in [-0.39, 0.29) is 18.6 Å². The maximum atomic E-state index is 12.3. The minimum absolute atomic E-state index is 0.109. The van der Waals surface area contributed by atoms with Gasteiger partial charge in [-0.25, -0.2) is 4.98 Å². The number of carbonyl (C=O) groups is 1. The Hall–Kier alpha value is -3.28. The molecule has 0 bridgehead atoms. The van der Waals surface area contributed by atoms with Crippen LogP contribution in [0.5, 0.6) is 11.5 Å². The SMILES string of the molecule is C=CCc1ccc(OCC(=O)N[C@@H](C)c2nc3ccccc3[nH]2)c(OC)c1. The summed E-state index contributed by atoms with van der Waals surface area (Å²) >= 11 is 0. The number of benzene rings is 2. The molecule has 0 aliphatic rings. The van der Waals surface area contributed by atoms with Crippen molar-refractivity contribution < 1.29 is 14.3 Å². The summed E-state index contributed by atoms with van der Waals surface area (Å²) in [5, 5.41) is 2.88. The van der Waals surface area contributed by atoms with Crippen LogP contribution in [0.25, 0.3) is 11.0 Å². The van der Waals surface area contributed by atoms with Gasteiger partial charge >= 0.3 is 0 Å². The zero-order valence-corrected chi connectivity index (χ0v) is 15.5. The summed E-state index contributed by atoms with van der Waals surface area (Å²) in [4.78, 5) is 20.0. The number of nitrogens with zero attached hydrogens (tertiary/aromatic N) is 1. The molecule has 3 rings (SSSR count). The Kier molecular flexibility index (Phi) is 5.76. The number of allylic oxidation sites excluding steroid dienone is 1. The summed E-state index contributed by atoms with van der Waals surface area (Å²) in [7, 11) is 1.57. The average molecular weight is 365 g/mol. The van der Waals surface area contributed by atoms with Crippen molar-refractivity contribution in [2.24, 2.45) is 0 Å².